The molecule has 78 valence electrons. The van der Waals surface area contributed by atoms with Gasteiger partial charge in [0.05, 0.1) is 5.92 Å². The van der Waals surface area contributed by atoms with Crippen LogP contribution in [-0.4, -0.2) is 12.5 Å². The molecule has 0 fully saturated rings. The number of carbonyl (C=O) groups excluding carboxylic acids is 1. The van der Waals surface area contributed by atoms with Gasteiger partial charge in [-0.15, -0.1) is 0 Å². The third kappa shape index (κ3) is 1.86. The van der Waals surface area contributed by atoms with E-state index in [1.54, 1.807) is 0 Å². The van der Waals surface area contributed by atoms with Crippen molar-refractivity contribution in [3.8, 4) is 0 Å². The van der Waals surface area contributed by atoms with Gasteiger partial charge in [0.15, 0.2) is 0 Å². The van der Waals surface area contributed by atoms with Gasteiger partial charge in [-0.1, -0.05) is 24.3 Å². The van der Waals surface area contributed by atoms with Crippen LogP contribution >= 0.6 is 0 Å². The number of amides is 1. The second-order valence-corrected chi connectivity index (χ2v) is 3.78. The van der Waals surface area contributed by atoms with Gasteiger partial charge in [-0.2, -0.15) is 0 Å². The summed E-state index contributed by atoms with van der Waals surface area (Å²) in [7, 11) is 0. The van der Waals surface area contributed by atoms with E-state index in [1.807, 2.05) is 37.3 Å². The predicted molar refractivity (Wildman–Crippen MR) is 61.3 cm³/mol. The number of nitrogens with two attached hydrogens (primary N) is 1. The van der Waals surface area contributed by atoms with Crippen LogP contribution in [0.2, 0.25) is 0 Å². The average molecular weight is 202 g/mol. The largest absolute Gasteiger partial charge is 0.381 e. The molecular weight excluding hydrogens is 188 g/mol. The minimum absolute atomic E-state index is 0.203. The molecule has 3 nitrogen and oxygen atoms in total. The van der Waals surface area contributed by atoms with E-state index in [0.717, 1.165) is 16.8 Å². The predicted octanol–water partition coefficient (Wildman–Crippen LogP) is 1.62. The highest BCUT2D eigenvalue weighted by Gasteiger charge is 2.17. The van der Waals surface area contributed by atoms with Crippen LogP contribution in [0.3, 0.4) is 0 Å². The fraction of sp³-hybridized carbons (Fsp3) is 0.250. The molecular formula is C12H14N2O. The Morgan fingerprint density at radius 1 is 1.47 bits per heavy atom. The highest BCUT2D eigenvalue weighted by Crippen LogP contribution is 2.26. The Labute approximate surface area is 89.0 Å². The molecule has 3 N–H and O–H groups in total. The summed E-state index contributed by atoms with van der Waals surface area (Å²) in [5.41, 5.74) is 8.55. The van der Waals surface area contributed by atoms with E-state index in [-0.39, 0.29) is 11.8 Å². The van der Waals surface area contributed by atoms with Crippen LogP contribution in [-0.2, 0) is 4.79 Å². The van der Waals surface area contributed by atoms with Crippen molar-refractivity contribution in [2.75, 3.05) is 11.9 Å². The molecule has 1 heterocycles. The van der Waals surface area contributed by atoms with E-state index in [1.165, 1.54) is 0 Å². The molecule has 0 spiro atoms. The van der Waals surface area contributed by atoms with Gasteiger partial charge in [-0.25, -0.2) is 0 Å². The molecule has 0 saturated heterocycles. The average Bonchev–Trinajstić information content (AvgIpc) is 2.27. The lowest BCUT2D eigenvalue weighted by molar-refractivity contribution is -0.120. The van der Waals surface area contributed by atoms with E-state index in [0.29, 0.717) is 6.54 Å². The zero-order valence-electron chi connectivity index (χ0n) is 8.66. The van der Waals surface area contributed by atoms with E-state index in [9.17, 15) is 4.79 Å². The minimum Gasteiger partial charge on any atom is -0.381 e. The number of hydrogen-bond donors (Lipinski definition) is 2. The number of fused-ring (bicyclic) bond motifs is 1. The van der Waals surface area contributed by atoms with Gasteiger partial charge in [0.2, 0.25) is 5.91 Å². The molecule has 0 aliphatic carbocycles. The highest BCUT2D eigenvalue weighted by molar-refractivity contribution is 5.83. The molecule has 1 unspecified atom stereocenters. The molecule has 3 heteroatoms. The zero-order valence-corrected chi connectivity index (χ0v) is 8.66. The van der Waals surface area contributed by atoms with Gasteiger partial charge in [0, 0.05) is 12.2 Å². The normalized spacial score (nSPS) is 15.9. The third-order valence-corrected chi connectivity index (χ3v) is 2.77. The Morgan fingerprint density at radius 2 is 2.20 bits per heavy atom. The number of anilines is 1. The quantitative estimate of drug-likeness (QED) is 0.765. The Morgan fingerprint density at radius 3 is 2.93 bits per heavy atom. The van der Waals surface area contributed by atoms with Crippen LogP contribution in [0, 0.1) is 5.92 Å². The smallest absolute Gasteiger partial charge is 0.224 e. The highest BCUT2D eigenvalue weighted by atomic mass is 16.1. The molecule has 1 aromatic carbocycles. The van der Waals surface area contributed by atoms with Gasteiger partial charge in [-0.05, 0) is 24.1 Å². The van der Waals surface area contributed by atoms with Crippen molar-refractivity contribution in [2.45, 2.75) is 6.92 Å². The zero-order chi connectivity index (χ0) is 10.8. The number of hydrogen-bond acceptors (Lipinski definition) is 2. The Hall–Kier alpha value is -1.77. The first-order valence-electron chi connectivity index (χ1n) is 5.01. The topological polar surface area (TPSA) is 55.1 Å². The number of primary amides is 1. The Bertz CT molecular complexity index is 423. The maximum atomic E-state index is 11.1. The molecule has 2 rings (SSSR count). The summed E-state index contributed by atoms with van der Waals surface area (Å²) in [5.74, 6) is -0.478. The first-order valence-corrected chi connectivity index (χ1v) is 5.01. The van der Waals surface area contributed by atoms with Crippen molar-refractivity contribution in [1.82, 2.24) is 0 Å². The second-order valence-electron chi connectivity index (χ2n) is 3.78. The fourth-order valence-corrected chi connectivity index (χ4v) is 1.69. The van der Waals surface area contributed by atoms with Crippen LogP contribution < -0.4 is 11.1 Å². The molecule has 15 heavy (non-hydrogen) atoms. The summed E-state index contributed by atoms with van der Waals surface area (Å²) in [4.78, 5) is 11.1. The first kappa shape index (κ1) is 9.77. The van der Waals surface area contributed by atoms with Crippen LogP contribution in [0.25, 0.3) is 6.08 Å². The molecule has 0 saturated carbocycles. The first-order chi connectivity index (χ1) is 7.18. The number of rotatable bonds is 2. The standard InChI is InChI=1S/C12H14N2O/c1-8(12(13)15)10-6-9-4-2-3-5-11(9)14-7-10/h2-6,8,14H,7H2,1H3,(H2,13,15). The molecule has 0 radical (unpaired) electrons. The van der Waals surface area contributed by atoms with Gasteiger partial charge in [0.1, 0.15) is 0 Å². The number of benzene rings is 1. The third-order valence-electron chi connectivity index (χ3n) is 2.77. The van der Waals surface area contributed by atoms with Gasteiger partial charge >= 0.3 is 0 Å². The maximum absolute atomic E-state index is 11.1. The summed E-state index contributed by atoms with van der Waals surface area (Å²) >= 11 is 0. The van der Waals surface area contributed by atoms with Crippen LogP contribution in [0.15, 0.2) is 29.8 Å². The number of carbonyl (C=O) groups is 1. The van der Waals surface area contributed by atoms with Crippen molar-refractivity contribution < 1.29 is 4.79 Å². The van der Waals surface area contributed by atoms with Gasteiger partial charge in [0.25, 0.3) is 0 Å². The molecule has 1 aromatic rings. The molecule has 1 atom stereocenters. The lowest BCUT2D eigenvalue weighted by Crippen LogP contribution is -2.26. The van der Waals surface area contributed by atoms with E-state index >= 15 is 0 Å². The lowest BCUT2D eigenvalue weighted by Gasteiger charge is -2.21. The molecule has 1 aliphatic heterocycles. The summed E-state index contributed by atoms with van der Waals surface area (Å²) in [6.07, 6.45) is 2.04. The van der Waals surface area contributed by atoms with Crippen LogP contribution in [0.5, 0.6) is 0 Å². The molecule has 0 bridgehead atoms. The van der Waals surface area contributed by atoms with Gasteiger partial charge in [-0.3, -0.25) is 4.79 Å². The number of nitrogens with one attached hydrogen (secondary N) is 1. The SMILES string of the molecule is CC(C(N)=O)C1=Cc2ccccc2NC1. The summed E-state index contributed by atoms with van der Waals surface area (Å²) < 4.78 is 0. The van der Waals surface area contributed by atoms with E-state index in [4.69, 9.17) is 5.73 Å². The van der Waals surface area contributed by atoms with Crippen molar-refractivity contribution in [3.63, 3.8) is 0 Å². The van der Waals surface area contributed by atoms with Crippen molar-refractivity contribution in [2.24, 2.45) is 11.7 Å². The number of para-hydroxylation sites is 1. The Kier molecular flexibility index (Phi) is 2.46. The maximum Gasteiger partial charge on any atom is 0.224 e. The molecule has 1 amide bonds. The summed E-state index contributed by atoms with van der Waals surface area (Å²) in [6.45, 7) is 2.53. The van der Waals surface area contributed by atoms with Crippen molar-refractivity contribution >= 4 is 17.7 Å². The minimum atomic E-state index is -0.276. The van der Waals surface area contributed by atoms with Crippen molar-refractivity contribution in [1.29, 1.82) is 0 Å². The van der Waals surface area contributed by atoms with E-state index < -0.39 is 0 Å². The molecule has 0 aromatic heterocycles. The monoisotopic (exact) mass is 202 g/mol. The van der Waals surface area contributed by atoms with Crippen LogP contribution in [0.1, 0.15) is 12.5 Å². The summed E-state index contributed by atoms with van der Waals surface area (Å²) in [6, 6.07) is 8.02. The second kappa shape index (κ2) is 3.77. The van der Waals surface area contributed by atoms with Gasteiger partial charge < -0.3 is 11.1 Å². The Balaban J connectivity index is 2.33. The van der Waals surface area contributed by atoms with E-state index in [2.05, 4.69) is 5.32 Å². The van der Waals surface area contributed by atoms with Crippen LogP contribution in [0.4, 0.5) is 5.69 Å². The lowest BCUT2D eigenvalue weighted by atomic mass is 9.94. The summed E-state index contributed by atoms with van der Waals surface area (Å²) in [5, 5.41) is 3.27. The fourth-order valence-electron chi connectivity index (χ4n) is 1.69. The molecule has 1 aliphatic rings. The van der Waals surface area contributed by atoms with Crippen molar-refractivity contribution in [3.05, 3.63) is 35.4 Å².